The first kappa shape index (κ1) is 15.3. The number of alkyl halides is 3. The molecule has 0 unspecified atom stereocenters. The van der Waals surface area contributed by atoms with E-state index < -0.39 is 24.8 Å². The zero-order valence-electron chi connectivity index (χ0n) is 11.4. The smallest absolute Gasteiger partial charge is 0.294 e. The van der Waals surface area contributed by atoms with Crippen LogP contribution in [-0.2, 0) is 6.42 Å². The fourth-order valence-electron chi connectivity index (χ4n) is 2.04. The molecule has 2 aromatic carbocycles. The van der Waals surface area contributed by atoms with Gasteiger partial charge in [0.15, 0.2) is 5.78 Å². The normalized spacial score (nSPS) is 11.4. The van der Waals surface area contributed by atoms with E-state index in [4.69, 9.17) is 0 Å². The molecule has 0 aliphatic rings. The number of carbonyl (C=O) groups excluding carboxylic acids is 1. The van der Waals surface area contributed by atoms with E-state index in [-0.39, 0.29) is 0 Å². The molecular formula is C17H15F3O. The van der Waals surface area contributed by atoms with Crippen LogP contribution in [-0.4, -0.2) is 12.0 Å². The summed E-state index contributed by atoms with van der Waals surface area (Å²) in [6.45, 7) is 0. The predicted molar refractivity (Wildman–Crippen MR) is 75.3 cm³/mol. The molecule has 2 rings (SSSR count). The molecular weight excluding hydrogens is 277 g/mol. The van der Waals surface area contributed by atoms with Crippen LogP contribution in [0.25, 0.3) is 0 Å². The Hall–Kier alpha value is -2.10. The first-order valence-corrected chi connectivity index (χ1v) is 6.67. The number of ketones is 1. The summed E-state index contributed by atoms with van der Waals surface area (Å²) < 4.78 is 36.3. The Morgan fingerprint density at radius 1 is 0.857 bits per heavy atom. The Labute approximate surface area is 121 Å². The van der Waals surface area contributed by atoms with Crippen LogP contribution in [0.15, 0.2) is 54.6 Å². The van der Waals surface area contributed by atoms with Gasteiger partial charge in [0.1, 0.15) is 0 Å². The van der Waals surface area contributed by atoms with Gasteiger partial charge in [-0.2, -0.15) is 13.2 Å². The summed E-state index contributed by atoms with van der Waals surface area (Å²) in [4.78, 5) is 11.7. The van der Waals surface area contributed by atoms with Gasteiger partial charge < -0.3 is 0 Å². The SMILES string of the molecule is O=C(CCC(F)(F)F)c1ccc(Cc2ccccc2)cc1. The van der Waals surface area contributed by atoms with Crippen LogP contribution in [0.5, 0.6) is 0 Å². The number of hydrogen-bond acceptors (Lipinski definition) is 1. The maximum absolute atomic E-state index is 12.1. The van der Waals surface area contributed by atoms with Gasteiger partial charge in [-0.25, -0.2) is 0 Å². The Bertz CT molecular complexity index is 586. The van der Waals surface area contributed by atoms with Crippen LogP contribution in [0.1, 0.15) is 34.3 Å². The lowest BCUT2D eigenvalue weighted by atomic mass is 10.0. The van der Waals surface area contributed by atoms with Crippen molar-refractivity contribution >= 4 is 5.78 Å². The zero-order valence-corrected chi connectivity index (χ0v) is 11.4. The highest BCUT2D eigenvalue weighted by Gasteiger charge is 2.28. The summed E-state index contributed by atoms with van der Waals surface area (Å²) in [7, 11) is 0. The lowest BCUT2D eigenvalue weighted by Crippen LogP contribution is -2.10. The Kier molecular flexibility index (Phi) is 4.78. The molecule has 2 aromatic rings. The van der Waals surface area contributed by atoms with Crippen molar-refractivity contribution in [2.24, 2.45) is 0 Å². The van der Waals surface area contributed by atoms with E-state index in [2.05, 4.69) is 0 Å². The van der Waals surface area contributed by atoms with E-state index in [0.717, 1.165) is 17.5 Å². The van der Waals surface area contributed by atoms with E-state index in [1.807, 2.05) is 30.3 Å². The minimum atomic E-state index is -4.29. The molecule has 0 saturated carbocycles. The third kappa shape index (κ3) is 5.06. The average molecular weight is 292 g/mol. The maximum atomic E-state index is 12.1. The summed E-state index contributed by atoms with van der Waals surface area (Å²) in [5.74, 6) is -0.474. The van der Waals surface area contributed by atoms with Crippen LogP contribution in [0, 0.1) is 0 Å². The van der Waals surface area contributed by atoms with Gasteiger partial charge >= 0.3 is 6.18 Å². The predicted octanol–water partition coefficient (Wildman–Crippen LogP) is 4.80. The van der Waals surface area contributed by atoms with Gasteiger partial charge in [0.25, 0.3) is 0 Å². The van der Waals surface area contributed by atoms with Crippen LogP contribution < -0.4 is 0 Å². The van der Waals surface area contributed by atoms with Crippen LogP contribution in [0.2, 0.25) is 0 Å². The van der Waals surface area contributed by atoms with Crippen molar-refractivity contribution in [2.45, 2.75) is 25.4 Å². The van der Waals surface area contributed by atoms with Gasteiger partial charge in [-0.3, -0.25) is 4.79 Å². The third-order valence-electron chi connectivity index (χ3n) is 3.16. The number of Topliss-reactive ketones (excluding diaryl/α,β-unsaturated/α-hetero) is 1. The summed E-state index contributed by atoms with van der Waals surface area (Å²) >= 11 is 0. The number of benzene rings is 2. The van der Waals surface area contributed by atoms with Crippen LogP contribution >= 0.6 is 0 Å². The first-order chi connectivity index (χ1) is 9.94. The summed E-state index contributed by atoms with van der Waals surface area (Å²) in [5, 5.41) is 0. The third-order valence-corrected chi connectivity index (χ3v) is 3.16. The second kappa shape index (κ2) is 6.57. The zero-order chi connectivity index (χ0) is 15.3. The van der Waals surface area contributed by atoms with Gasteiger partial charge in [-0.15, -0.1) is 0 Å². The van der Waals surface area contributed by atoms with Crippen molar-refractivity contribution in [3.05, 3.63) is 71.3 Å². The molecule has 0 saturated heterocycles. The number of hydrogen-bond donors (Lipinski definition) is 0. The molecule has 0 bridgehead atoms. The molecule has 0 heterocycles. The van der Waals surface area contributed by atoms with E-state index in [1.54, 1.807) is 24.3 Å². The minimum absolute atomic E-state index is 0.330. The molecule has 4 heteroatoms. The van der Waals surface area contributed by atoms with Gasteiger partial charge in [0.05, 0.1) is 6.42 Å². The Morgan fingerprint density at radius 2 is 1.43 bits per heavy atom. The molecule has 110 valence electrons. The highest BCUT2D eigenvalue weighted by atomic mass is 19.4. The maximum Gasteiger partial charge on any atom is 0.389 e. The highest BCUT2D eigenvalue weighted by Crippen LogP contribution is 2.22. The van der Waals surface area contributed by atoms with Gasteiger partial charge in [0.2, 0.25) is 0 Å². The molecule has 0 aliphatic heterocycles. The van der Waals surface area contributed by atoms with Crippen LogP contribution in [0.4, 0.5) is 13.2 Å². The van der Waals surface area contributed by atoms with Gasteiger partial charge in [0, 0.05) is 12.0 Å². The topological polar surface area (TPSA) is 17.1 Å². The molecule has 0 radical (unpaired) electrons. The van der Waals surface area contributed by atoms with Gasteiger partial charge in [-0.05, 0) is 17.5 Å². The molecule has 21 heavy (non-hydrogen) atoms. The van der Waals surface area contributed by atoms with E-state index in [0.29, 0.717) is 5.56 Å². The van der Waals surface area contributed by atoms with Crippen molar-refractivity contribution in [1.29, 1.82) is 0 Å². The van der Waals surface area contributed by atoms with Crippen molar-refractivity contribution in [1.82, 2.24) is 0 Å². The second-order valence-electron chi connectivity index (χ2n) is 4.90. The van der Waals surface area contributed by atoms with E-state index in [9.17, 15) is 18.0 Å². The monoisotopic (exact) mass is 292 g/mol. The van der Waals surface area contributed by atoms with E-state index >= 15 is 0 Å². The largest absolute Gasteiger partial charge is 0.389 e. The Balaban J connectivity index is 1.97. The summed E-state index contributed by atoms with van der Waals surface area (Å²) in [6.07, 6.45) is -5.13. The molecule has 0 fully saturated rings. The van der Waals surface area contributed by atoms with Gasteiger partial charge in [-0.1, -0.05) is 54.6 Å². The lowest BCUT2D eigenvalue weighted by Gasteiger charge is -2.06. The average Bonchev–Trinajstić information content (AvgIpc) is 2.46. The van der Waals surface area contributed by atoms with Crippen molar-refractivity contribution in [3.63, 3.8) is 0 Å². The molecule has 0 N–H and O–H groups in total. The highest BCUT2D eigenvalue weighted by molar-refractivity contribution is 5.96. The molecule has 0 amide bonds. The molecule has 0 atom stereocenters. The molecule has 0 aromatic heterocycles. The standard InChI is InChI=1S/C17H15F3O/c18-17(19,20)11-10-16(21)15-8-6-14(7-9-15)12-13-4-2-1-3-5-13/h1-9H,10-12H2. The summed E-state index contributed by atoms with van der Waals surface area (Å²) in [6, 6.07) is 16.6. The number of carbonyl (C=O) groups is 1. The Morgan fingerprint density at radius 3 is 2.00 bits per heavy atom. The van der Waals surface area contributed by atoms with Crippen molar-refractivity contribution < 1.29 is 18.0 Å². The molecule has 0 aliphatic carbocycles. The fourth-order valence-corrected chi connectivity index (χ4v) is 2.04. The summed E-state index contributed by atoms with van der Waals surface area (Å²) in [5.41, 5.74) is 2.50. The quantitative estimate of drug-likeness (QED) is 0.723. The molecule has 1 nitrogen and oxygen atoms in total. The lowest BCUT2D eigenvalue weighted by molar-refractivity contribution is -0.133. The number of halogens is 3. The van der Waals surface area contributed by atoms with E-state index in [1.165, 1.54) is 0 Å². The molecule has 0 spiro atoms. The minimum Gasteiger partial charge on any atom is -0.294 e. The van der Waals surface area contributed by atoms with Crippen molar-refractivity contribution in [2.75, 3.05) is 0 Å². The van der Waals surface area contributed by atoms with Crippen LogP contribution in [0.3, 0.4) is 0 Å². The number of rotatable bonds is 5. The fraction of sp³-hybridized carbons (Fsp3) is 0.235. The second-order valence-corrected chi connectivity index (χ2v) is 4.90. The first-order valence-electron chi connectivity index (χ1n) is 6.67. The van der Waals surface area contributed by atoms with Crippen molar-refractivity contribution in [3.8, 4) is 0 Å².